The van der Waals surface area contributed by atoms with Crippen LogP contribution in [0.3, 0.4) is 0 Å². The maximum atomic E-state index is 12.9. The summed E-state index contributed by atoms with van der Waals surface area (Å²) in [4.78, 5) is 29.0. The third kappa shape index (κ3) is 3.15. The molecule has 6 nitrogen and oxygen atoms in total. The number of ether oxygens (including phenoxy) is 1. The molecule has 0 saturated heterocycles. The summed E-state index contributed by atoms with van der Waals surface area (Å²) in [6.45, 7) is 4.19. The highest BCUT2D eigenvalue weighted by Crippen LogP contribution is 2.32. The first-order valence-electron chi connectivity index (χ1n) is 7.99. The van der Waals surface area contributed by atoms with E-state index in [4.69, 9.17) is 4.74 Å². The van der Waals surface area contributed by atoms with Crippen LogP contribution in [0.15, 0.2) is 40.8 Å². The zero-order chi connectivity index (χ0) is 18.0. The van der Waals surface area contributed by atoms with Crippen molar-refractivity contribution in [3.8, 4) is 16.9 Å². The molecule has 0 radical (unpaired) electrons. The van der Waals surface area contributed by atoms with Crippen LogP contribution in [0.25, 0.3) is 21.3 Å². The third-order valence-corrected chi connectivity index (χ3v) is 4.88. The van der Waals surface area contributed by atoms with E-state index < -0.39 is 12.0 Å². The van der Waals surface area contributed by atoms with E-state index in [2.05, 4.69) is 4.98 Å². The zero-order valence-corrected chi connectivity index (χ0v) is 14.7. The van der Waals surface area contributed by atoms with Crippen molar-refractivity contribution in [1.29, 1.82) is 0 Å². The first-order chi connectivity index (χ1) is 12.1. The summed E-state index contributed by atoms with van der Waals surface area (Å²) in [7, 11) is 0. The Morgan fingerprint density at radius 1 is 1.32 bits per heavy atom. The van der Waals surface area contributed by atoms with Crippen molar-refractivity contribution in [1.82, 2.24) is 9.55 Å². The molecule has 7 heteroatoms. The molecule has 0 N–H and O–H groups in total. The van der Waals surface area contributed by atoms with Crippen LogP contribution in [0.5, 0.6) is 5.75 Å². The lowest BCUT2D eigenvalue weighted by Crippen LogP contribution is -2.37. The zero-order valence-electron chi connectivity index (χ0n) is 13.9. The highest BCUT2D eigenvalue weighted by atomic mass is 32.1. The van der Waals surface area contributed by atoms with Gasteiger partial charge in [-0.3, -0.25) is 9.36 Å². The quantitative estimate of drug-likeness (QED) is 0.675. The molecule has 0 amide bonds. The van der Waals surface area contributed by atoms with Gasteiger partial charge >= 0.3 is 0 Å². The topological polar surface area (TPSA) is 84.2 Å². The number of benzene rings is 1. The first kappa shape index (κ1) is 17.2. The van der Waals surface area contributed by atoms with E-state index in [9.17, 15) is 14.7 Å². The van der Waals surface area contributed by atoms with Crippen LogP contribution in [-0.4, -0.2) is 22.1 Å². The smallest absolute Gasteiger partial charge is 0.263 e. The SMILES string of the molecule is CCOc1ccc(-c2csc3ncn([C@H](CC)C(=O)[O-])c(=O)c23)cc1. The summed E-state index contributed by atoms with van der Waals surface area (Å²) in [6.07, 6.45) is 1.53. The molecule has 0 spiro atoms. The molecule has 0 unspecified atom stereocenters. The second-order valence-corrected chi connectivity index (χ2v) is 6.35. The third-order valence-electron chi connectivity index (χ3n) is 3.99. The van der Waals surface area contributed by atoms with Crippen LogP contribution in [0.1, 0.15) is 26.3 Å². The fourth-order valence-electron chi connectivity index (χ4n) is 2.75. The number of aromatic nitrogens is 2. The van der Waals surface area contributed by atoms with E-state index in [1.165, 1.54) is 17.7 Å². The predicted molar refractivity (Wildman–Crippen MR) is 94.8 cm³/mol. The van der Waals surface area contributed by atoms with Crippen molar-refractivity contribution in [2.75, 3.05) is 6.61 Å². The minimum Gasteiger partial charge on any atom is -0.548 e. The van der Waals surface area contributed by atoms with E-state index in [-0.39, 0.29) is 12.0 Å². The van der Waals surface area contributed by atoms with Crippen molar-refractivity contribution in [3.05, 3.63) is 46.3 Å². The van der Waals surface area contributed by atoms with Gasteiger partial charge in [0.2, 0.25) is 0 Å². The molecule has 2 aromatic heterocycles. The number of hydrogen-bond acceptors (Lipinski definition) is 6. The second-order valence-electron chi connectivity index (χ2n) is 5.49. The number of carbonyl (C=O) groups is 1. The lowest BCUT2D eigenvalue weighted by atomic mass is 10.1. The van der Waals surface area contributed by atoms with Crippen molar-refractivity contribution in [3.63, 3.8) is 0 Å². The molecule has 0 fully saturated rings. The molecule has 2 heterocycles. The van der Waals surface area contributed by atoms with Gasteiger partial charge in [0.1, 0.15) is 10.6 Å². The molecule has 3 rings (SSSR count). The molecule has 3 aromatic rings. The Morgan fingerprint density at radius 3 is 2.64 bits per heavy atom. The van der Waals surface area contributed by atoms with E-state index in [1.807, 2.05) is 36.6 Å². The molecular formula is C18H17N2O4S-. The fraction of sp³-hybridized carbons (Fsp3) is 0.278. The molecular weight excluding hydrogens is 340 g/mol. The Hall–Kier alpha value is -2.67. The van der Waals surface area contributed by atoms with Crippen LogP contribution < -0.4 is 15.4 Å². The van der Waals surface area contributed by atoms with Gasteiger partial charge < -0.3 is 14.6 Å². The van der Waals surface area contributed by atoms with Crippen molar-refractivity contribution < 1.29 is 14.6 Å². The van der Waals surface area contributed by atoms with Crippen LogP contribution in [0.2, 0.25) is 0 Å². The number of carbonyl (C=O) groups excluding carboxylic acids is 1. The fourth-order valence-corrected chi connectivity index (χ4v) is 3.66. The average molecular weight is 357 g/mol. The Kier molecular flexibility index (Phi) is 4.85. The lowest BCUT2D eigenvalue weighted by molar-refractivity contribution is -0.310. The molecule has 25 heavy (non-hydrogen) atoms. The minimum atomic E-state index is -1.29. The van der Waals surface area contributed by atoms with Gasteiger partial charge in [0, 0.05) is 10.9 Å². The van der Waals surface area contributed by atoms with Gasteiger partial charge in [-0.2, -0.15) is 0 Å². The molecule has 0 aliphatic rings. The number of aliphatic carboxylic acids is 1. The largest absolute Gasteiger partial charge is 0.548 e. The number of hydrogen-bond donors (Lipinski definition) is 0. The van der Waals surface area contributed by atoms with Crippen LogP contribution >= 0.6 is 11.3 Å². The molecule has 0 aliphatic heterocycles. The molecule has 1 aromatic carbocycles. The summed E-state index contributed by atoms with van der Waals surface area (Å²) < 4.78 is 6.57. The summed E-state index contributed by atoms with van der Waals surface area (Å²) in [5.41, 5.74) is 1.22. The Bertz CT molecular complexity index is 959. The van der Waals surface area contributed by atoms with E-state index >= 15 is 0 Å². The van der Waals surface area contributed by atoms with E-state index in [0.29, 0.717) is 16.8 Å². The highest BCUT2D eigenvalue weighted by molar-refractivity contribution is 7.17. The number of fused-ring (bicyclic) bond motifs is 1. The van der Waals surface area contributed by atoms with E-state index in [0.717, 1.165) is 21.4 Å². The molecule has 0 bridgehead atoms. The summed E-state index contributed by atoms with van der Waals surface area (Å²) in [5.74, 6) is -0.534. The summed E-state index contributed by atoms with van der Waals surface area (Å²) >= 11 is 1.36. The molecule has 0 saturated carbocycles. The Balaban J connectivity index is 2.14. The number of thiophene rings is 1. The van der Waals surface area contributed by atoms with Gasteiger partial charge in [-0.25, -0.2) is 4.98 Å². The van der Waals surface area contributed by atoms with Gasteiger partial charge in [-0.05, 0) is 31.0 Å². The van der Waals surface area contributed by atoms with Crippen LogP contribution in [0, 0.1) is 0 Å². The second kappa shape index (κ2) is 7.06. The molecule has 1 atom stereocenters. The van der Waals surface area contributed by atoms with Crippen LogP contribution in [0.4, 0.5) is 0 Å². The van der Waals surface area contributed by atoms with Gasteiger partial charge in [0.15, 0.2) is 0 Å². The minimum absolute atomic E-state index is 0.248. The molecule has 0 aliphatic carbocycles. The standard InChI is InChI=1S/C18H18N2O4S/c1-3-14(18(22)23)20-10-19-16-15(17(20)21)13(9-25-16)11-5-7-12(8-6-11)24-4-2/h5-10,14H,3-4H2,1-2H3,(H,22,23)/p-1/t14-/m1/s1. The summed E-state index contributed by atoms with van der Waals surface area (Å²) in [5, 5.41) is 13.6. The number of rotatable bonds is 6. The van der Waals surface area contributed by atoms with Gasteiger partial charge in [0.05, 0.1) is 30.3 Å². The maximum absolute atomic E-state index is 12.9. The normalized spacial score (nSPS) is 12.2. The van der Waals surface area contributed by atoms with E-state index in [1.54, 1.807) is 6.92 Å². The average Bonchev–Trinajstić information content (AvgIpc) is 3.03. The van der Waals surface area contributed by atoms with Gasteiger partial charge in [-0.1, -0.05) is 19.1 Å². The maximum Gasteiger partial charge on any atom is 0.263 e. The summed E-state index contributed by atoms with van der Waals surface area (Å²) in [6, 6.07) is 6.40. The monoisotopic (exact) mass is 357 g/mol. The first-order valence-corrected chi connectivity index (χ1v) is 8.87. The van der Waals surface area contributed by atoms with Crippen molar-refractivity contribution >= 4 is 27.5 Å². The predicted octanol–water partition coefficient (Wildman–Crippen LogP) is 2.22. The highest BCUT2D eigenvalue weighted by Gasteiger charge is 2.18. The van der Waals surface area contributed by atoms with Gasteiger partial charge in [0.25, 0.3) is 5.56 Å². The number of carboxylic acid groups (broad SMARTS) is 1. The molecule has 130 valence electrons. The van der Waals surface area contributed by atoms with Gasteiger partial charge in [-0.15, -0.1) is 11.3 Å². The van der Waals surface area contributed by atoms with Crippen molar-refractivity contribution in [2.45, 2.75) is 26.3 Å². The van der Waals surface area contributed by atoms with Crippen molar-refractivity contribution in [2.24, 2.45) is 0 Å². The number of nitrogens with zero attached hydrogens (tertiary/aromatic N) is 2. The Labute approximate surface area is 148 Å². The lowest BCUT2D eigenvalue weighted by Gasteiger charge is -2.18. The number of carboxylic acids is 1. The Morgan fingerprint density at radius 2 is 2.04 bits per heavy atom. The van der Waals surface area contributed by atoms with Crippen LogP contribution in [-0.2, 0) is 4.79 Å².